The molecule has 1 aromatic carbocycles. The summed E-state index contributed by atoms with van der Waals surface area (Å²) in [5, 5.41) is 0.161. The zero-order valence-electron chi connectivity index (χ0n) is 9.45. The van der Waals surface area contributed by atoms with Crippen molar-refractivity contribution >= 4 is 27.5 Å². The molecule has 0 spiro atoms. The Morgan fingerprint density at radius 3 is 2.72 bits per heavy atom. The molecule has 2 aromatic rings. The Hall–Kier alpha value is -1.20. The lowest BCUT2D eigenvalue weighted by atomic mass is 10.2. The maximum Gasteiger partial charge on any atom is 0.255 e. The number of nitrogens with zero attached hydrogens (tertiary/aromatic N) is 2. The van der Waals surface area contributed by atoms with E-state index in [9.17, 15) is 9.18 Å². The summed E-state index contributed by atoms with van der Waals surface area (Å²) in [5.41, 5.74) is 0.420. The number of benzene rings is 1. The summed E-state index contributed by atoms with van der Waals surface area (Å²) in [6.45, 7) is 1.94. The van der Waals surface area contributed by atoms with E-state index in [0.717, 1.165) is 0 Å². The zero-order valence-corrected chi connectivity index (χ0v) is 11.8. The summed E-state index contributed by atoms with van der Waals surface area (Å²) in [5.74, 6) is 0.139. The highest BCUT2D eigenvalue weighted by Gasteiger charge is 2.06. The number of rotatable bonds is 2. The molecule has 0 atom stereocenters. The Bertz CT molecular complexity index is 637. The molecule has 3 nitrogen and oxygen atoms in total. The van der Waals surface area contributed by atoms with Crippen LogP contribution in [-0.4, -0.2) is 9.55 Å². The van der Waals surface area contributed by atoms with Crippen molar-refractivity contribution in [2.24, 2.45) is 0 Å². The Balaban J connectivity index is 2.43. The molecule has 0 saturated heterocycles. The molecule has 0 fully saturated rings. The van der Waals surface area contributed by atoms with Crippen molar-refractivity contribution in [1.29, 1.82) is 0 Å². The molecule has 0 unspecified atom stereocenters. The third-order valence-corrected chi connectivity index (χ3v) is 3.08. The average Bonchev–Trinajstić information content (AvgIpc) is 2.22. The normalized spacial score (nSPS) is 10.7. The first-order chi connectivity index (χ1) is 8.45. The predicted molar refractivity (Wildman–Crippen MR) is 71.4 cm³/mol. The lowest BCUT2D eigenvalue weighted by Crippen LogP contribution is -2.23. The zero-order chi connectivity index (χ0) is 13.3. The first-order valence-electron chi connectivity index (χ1n) is 5.14. The summed E-state index contributed by atoms with van der Waals surface area (Å²) in [4.78, 5) is 15.8. The quantitative estimate of drug-likeness (QED) is 0.792. The van der Waals surface area contributed by atoms with E-state index in [4.69, 9.17) is 11.6 Å². The molecular weight excluding hydrogens is 322 g/mol. The first-order valence-corrected chi connectivity index (χ1v) is 6.32. The van der Waals surface area contributed by atoms with Gasteiger partial charge in [-0.1, -0.05) is 27.5 Å². The molecule has 0 N–H and O–H groups in total. The highest BCUT2D eigenvalue weighted by molar-refractivity contribution is 9.10. The Morgan fingerprint density at radius 1 is 1.39 bits per heavy atom. The Kier molecular flexibility index (Phi) is 3.82. The standard InChI is InChI=1S/C12H9BrClFN2O/c1-7-16-11(14)5-12(18)17(7)6-8-2-9(13)4-10(15)3-8/h2-5H,6H2,1H3. The largest absolute Gasteiger partial charge is 0.292 e. The SMILES string of the molecule is Cc1nc(Cl)cc(=O)n1Cc1cc(F)cc(Br)c1. The second-order valence-electron chi connectivity index (χ2n) is 3.83. The highest BCUT2D eigenvalue weighted by Crippen LogP contribution is 2.16. The van der Waals surface area contributed by atoms with Crippen LogP contribution >= 0.6 is 27.5 Å². The molecule has 18 heavy (non-hydrogen) atoms. The van der Waals surface area contributed by atoms with Gasteiger partial charge in [0.15, 0.2) is 0 Å². The van der Waals surface area contributed by atoms with Crippen molar-refractivity contribution in [3.63, 3.8) is 0 Å². The van der Waals surface area contributed by atoms with Crippen molar-refractivity contribution in [3.05, 3.63) is 61.5 Å². The summed E-state index contributed by atoms with van der Waals surface area (Å²) in [6, 6.07) is 5.73. The molecule has 0 amide bonds. The van der Waals surface area contributed by atoms with Crippen LogP contribution in [0.4, 0.5) is 4.39 Å². The number of aryl methyl sites for hydroxylation is 1. The number of halogens is 3. The van der Waals surface area contributed by atoms with Gasteiger partial charge in [-0.05, 0) is 30.7 Å². The van der Waals surface area contributed by atoms with Gasteiger partial charge in [0, 0.05) is 10.5 Å². The third kappa shape index (κ3) is 2.97. The monoisotopic (exact) mass is 330 g/mol. The van der Waals surface area contributed by atoms with Gasteiger partial charge in [0.2, 0.25) is 0 Å². The minimum atomic E-state index is -0.355. The van der Waals surface area contributed by atoms with E-state index in [1.807, 2.05) is 0 Å². The van der Waals surface area contributed by atoms with Gasteiger partial charge < -0.3 is 0 Å². The summed E-state index contributed by atoms with van der Waals surface area (Å²) in [6.07, 6.45) is 0. The predicted octanol–water partition coefficient (Wildman–Crippen LogP) is 3.16. The van der Waals surface area contributed by atoms with Gasteiger partial charge in [-0.15, -0.1) is 0 Å². The van der Waals surface area contributed by atoms with Gasteiger partial charge in [0.05, 0.1) is 6.54 Å². The van der Waals surface area contributed by atoms with Crippen LogP contribution in [0, 0.1) is 12.7 Å². The third-order valence-electron chi connectivity index (χ3n) is 2.43. The topological polar surface area (TPSA) is 34.9 Å². The smallest absolute Gasteiger partial charge is 0.255 e. The fraction of sp³-hybridized carbons (Fsp3) is 0.167. The fourth-order valence-corrected chi connectivity index (χ4v) is 2.39. The minimum Gasteiger partial charge on any atom is -0.292 e. The van der Waals surface area contributed by atoms with Crippen LogP contribution in [0.15, 0.2) is 33.5 Å². The van der Waals surface area contributed by atoms with Crippen molar-refractivity contribution in [1.82, 2.24) is 9.55 Å². The molecule has 0 radical (unpaired) electrons. The summed E-state index contributed by atoms with van der Waals surface area (Å²) < 4.78 is 15.3. The van der Waals surface area contributed by atoms with E-state index >= 15 is 0 Å². The molecule has 0 saturated carbocycles. The second-order valence-corrected chi connectivity index (χ2v) is 5.13. The van der Waals surface area contributed by atoms with Crippen LogP contribution in [0.25, 0.3) is 0 Å². The highest BCUT2D eigenvalue weighted by atomic mass is 79.9. The van der Waals surface area contributed by atoms with E-state index in [-0.39, 0.29) is 23.1 Å². The van der Waals surface area contributed by atoms with Crippen LogP contribution in [0.5, 0.6) is 0 Å². The van der Waals surface area contributed by atoms with E-state index in [1.54, 1.807) is 13.0 Å². The molecule has 6 heteroatoms. The number of aromatic nitrogens is 2. The van der Waals surface area contributed by atoms with E-state index < -0.39 is 0 Å². The molecule has 1 aromatic heterocycles. The Labute approximate surface area is 116 Å². The molecule has 0 bridgehead atoms. The lowest BCUT2D eigenvalue weighted by Gasteiger charge is -2.09. The molecule has 2 rings (SSSR count). The fourth-order valence-electron chi connectivity index (χ4n) is 1.66. The maximum absolute atomic E-state index is 13.2. The molecule has 0 aliphatic carbocycles. The van der Waals surface area contributed by atoms with E-state index in [2.05, 4.69) is 20.9 Å². The first kappa shape index (κ1) is 13.2. The van der Waals surface area contributed by atoms with Crippen molar-refractivity contribution in [3.8, 4) is 0 Å². The summed E-state index contributed by atoms with van der Waals surface area (Å²) in [7, 11) is 0. The van der Waals surface area contributed by atoms with Crippen LogP contribution in [0.3, 0.4) is 0 Å². The van der Waals surface area contributed by atoms with Gasteiger partial charge >= 0.3 is 0 Å². The van der Waals surface area contributed by atoms with Crippen LogP contribution in [-0.2, 0) is 6.54 Å². The van der Waals surface area contributed by atoms with Crippen molar-refractivity contribution in [2.45, 2.75) is 13.5 Å². The molecule has 1 heterocycles. The van der Waals surface area contributed by atoms with Gasteiger partial charge in [-0.3, -0.25) is 9.36 Å². The van der Waals surface area contributed by atoms with E-state index in [0.29, 0.717) is 15.9 Å². The molecule has 0 aliphatic rings. The van der Waals surface area contributed by atoms with E-state index in [1.165, 1.54) is 22.8 Å². The van der Waals surface area contributed by atoms with Crippen LogP contribution < -0.4 is 5.56 Å². The molecular formula is C12H9BrClFN2O. The number of hydrogen-bond donors (Lipinski definition) is 0. The second kappa shape index (κ2) is 5.20. The van der Waals surface area contributed by atoms with Gasteiger partial charge in [0.25, 0.3) is 5.56 Å². The van der Waals surface area contributed by atoms with Crippen molar-refractivity contribution in [2.75, 3.05) is 0 Å². The van der Waals surface area contributed by atoms with Gasteiger partial charge in [-0.2, -0.15) is 0 Å². The number of hydrogen-bond acceptors (Lipinski definition) is 2. The summed E-state index contributed by atoms with van der Waals surface area (Å²) >= 11 is 8.89. The van der Waals surface area contributed by atoms with Gasteiger partial charge in [0.1, 0.15) is 16.8 Å². The molecule has 0 aliphatic heterocycles. The Morgan fingerprint density at radius 2 is 2.11 bits per heavy atom. The average molecular weight is 332 g/mol. The maximum atomic E-state index is 13.2. The minimum absolute atomic E-state index is 0.161. The molecule has 94 valence electrons. The lowest BCUT2D eigenvalue weighted by molar-refractivity contribution is 0.619. The van der Waals surface area contributed by atoms with Crippen LogP contribution in [0.2, 0.25) is 5.15 Å². The van der Waals surface area contributed by atoms with Crippen LogP contribution in [0.1, 0.15) is 11.4 Å². The van der Waals surface area contributed by atoms with Gasteiger partial charge in [-0.25, -0.2) is 9.37 Å². The van der Waals surface area contributed by atoms with Crippen molar-refractivity contribution < 1.29 is 4.39 Å².